The van der Waals surface area contributed by atoms with Crippen molar-refractivity contribution in [1.29, 1.82) is 0 Å². The number of benzene rings is 2. The lowest BCUT2D eigenvalue weighted by atomic mass is 9.96. The van der Waals surface area contributed by atoms with E-state index in [1.54, 1.807) is 19.1 Å². The number of ether oxygens (including phenoxy) is 1. The van der Waals surface area contributed by atoms with Gasteiger partial charge in [-0.3, -0.25) is 4.79 Å². The summed E-state index contributed by atoms with van der Waals surface area (Å²) in [4.78, 5) is 11.6. The summed E-state index contributed by atoms with van der Waals surface area (Å²) in [5.41, 5.74) is 10.1. The molecule has 0 bridgehead atoms. The lowest BCUT2D eigenvalue weighted by Gasteiger charge is -2.10. The number of hydrogen-bond acceptors (Lipinski definition) is 3. The van der Waals surface area contributed by atoms with Crippen LogP contribution in [0.3, 0.4) is 0 Å². The largest absolute Gasteiger partial charge is 0.466 e. The molecule has 0 atom stereocenters. The van der Waals surface area contributed by atoms with Crippen LogP contribution in [0.2, 0.25) is 0 Å². The first-order valence-electron chi connectivity index (χ1n) is 8.32. The van der Waals surface area contributed by atoms with Gasteiger partial charge in [-0.1, -0.05) is 30.3 Å². The molecule has 0 radical (unpaired) electrons. The third-order valence-electron chi connectivity index (χ3n) is 3.79. The highest BCUT2D eigenvalue weighted by Crippen LogP contribution is 2.17. The van der Waals surface area contributed by atoms with Crippen LogP contribution in [0.5, 0.6) is 0 Å². The van der Waals surface area contributed by atoms with Gasteiger partial charge in [0.1, 0.15) is 5.82 Å². The maximum Gasteiger partial charge on any atom is 0.306 e. The van der Waals surface area contributed by atoms with Crippen molar-refractivity contribution in [1.82, 2.24) is 0 Å². The van der Waals surface area contributed by atoms with E-state index in [1.807, 2.05) is 0 Å². The molecule has 4 heteroatoms. The number of rotatable bonds is 8. The Balaban J connectivity index is 2.14. The van der Waals surface area contributed by atoms with Crippen LogP contribution in [0.1, 0.15) is 35.6 Å². The van der Waals surface area contributed by atoms with Crippen LogP contribution < -0.4 is 5.73 Å². The second-order valence-electron chi connectivity index (χ2n) is 5.80. The average Bonchev–Trinajstić information content (AvgIpc) is 2.56. The Kier molecular flexibility index (Phi) is 6.94. The predicted molar refractivity (Wildman–Crippen MR) is 93.4 cm³/mol. The Labute approximate surface area is 142 Å². The summed E-state index contributed by atoms with van der Waals surface area (Å²) in [6.07, 6.45) is 2.54. The van der Waals surface area contributed by atoms with E-state index < -0.39 is 0 Å². The first-order valence-corrected chi connectivity index (χ1v) is 8.32. The first kappa shape index (κ1) is 18.1. The molecule has 0 aromatic heterocycles. The SMILES string of the molecule is CCOC(=O)CCc1cc(CCN)cc(Cc2ccc(F)cc2)c1. The smallest absolute Gasteiger partial charge is 0.306 e. The summed E-state index contributed by atoms with van der Waals surface area (Å²) >= 11 is 0. The number of hydrogen-bond donors (Lipinski definition) is 1. The maximum atomic E-state index is 13.0. The van der Waals surface area contributed by atoms with Crippen molar-refractivity contribution >= 4 is 5.97 Å². The van der Waals surface area contributed by atoms with Gasteiger partial charge in [0.15, 0.2) is 0 Å². The fourth-order valence-electron chi connectivity index (χ4n) is 2.71. The number of esters is 1. The van der Waals surface area contributed by atoms with E-state index in [-0.39, 0.29) is 11.8 Å². The monoisotopic (exact) mass is 329 g/mol. The van der Waals surface area contributed by atoms with Crippen LogP contribution >= 0.6 is 0 Å². The van der Waals surface area contributed by atoms with Crippen LogP contribution in [-0.4, -0.2) is 19.1 Å². The van der Waals surface area contributed by atoms with E-state index in [2.05, 4.69) is 18.2 Å². The van der Waals surface area contributed by atoms with E-state index in [4.69, 9.17) is 10.5 Å². The highest BCUT2D eigenvalue weighted by Gasteiger charge is 2.06. The zero-order valence-corrected chi connectivity index (χ0v) is 14.1. The van der Waals surface area contributed by atoms with E-state index in [9.17, 15) is 9.18 Å². The van der Waals surface area contributed by atoms with Gasteiger partial charge in [-0.25, -0.2) is 4.39 Å². The highest BCUT2D eigenvalue weighted by molar-refractivity contribution is 5.69. The van der Waals surface area contributed by atoms with E-state index in [0.29, 0.717) is 26.0 Å². The van der Waals surface area contributed by atoms with E-state index in [1.165, 1.54) is 12.1 Å². The fourth-order valence-corrected chi connectivity index (χ4v) is 2.71. The summed E-state index contributed by atoms with van der Waals surface area (Å²) in [6.45, 7) is 2.79. The Morgan fingerprint density at radius 3 is 2.25 bits per heavy atom. The van der Waals surface area contributed by atoms with Crippen LogP contribution in [0.25, 0.3) is 0 Å². The number of aryl methyl sites for hydroxylation is 1. The molecule has 0 spiro atoms. The molecule has 24 heavy (non-hydrogen) atoms. The molecule has 2 aromatic carbocycles. The molecule has 2 aromatic rings. The van der Waals surface area contributed by atoms with Gasteiger partial charge < -0.3 is 10.5 Å². The predicted octanol–water partition coefficient (Wildman–Crippen LogP) is 3.41. The fraction of sp³-hybridized carbons (Fsp3) is 0.350. The van der Waals surface area contributed by atoms with Gasteiger partial charge in [0, 0.05) is 6.42 Å². The number of nitrogens with two attached hydrogens (primary N) is 1. The van der Waals surface area contributed by atoms with Gasteiger partial charge in [-0.15, -0.1) is 0 Å². The van der Waals surface area contributed by atoms with Crippen LogP contribution in [-0.2, 0) is 28.8 Å². The molecule has 2 N–H and O–H groups in total. The van der Waals surface area contributed by atoms with Crippen molar-refractivity contribution in [3.8, 4) is 0 Å². The highest BCUT2D eigenvalue weighted by atomic mass is 19.1. The average molecular weight is 329 g/mol. The van der Waals surface area contributed by atoms with E-state index >= 15 is 0 Å². The summed E-state index contributed by atoms with van der Waals surface area (Å²) < 4.78 is 18.0. The minimum absolute atomic E-state index is 0.179. The van der Waals surface area contributed by atoms with Gasteiger partial charge >= 0.3 is 5.97 Å². The number of carbonyl (C=O) groups is 1. The van der Waals surface area contributed by atoms with Crippen molar-refractivity contribution in [3.05, 3.63) is 70.5 Å². The van der Waals surface area contributed by atoms with Gasteiger partial charge in [-0.2, -0.15) is 0 Å². The summed E-state index contributed by atoms with van der Waals surface area (Å²) in [5, 5.41) is 0. The number of halogens is 1. The third kappa shape index (κ3) is 5.78. The normalized spacial score (nSPS) is 10.6. The standard InChI is InChI=1S/C20H24FNO2/c1-2-24-20(23)8-5-16-12-17(9-10-22)14-18(13-16)11-15-3-6-19(21)7-4-15/h3-4,6-7,12-14H,2,5,8-11,22H2,1H3. The second kappa shape index (κ2) is 9.18. The third-order valence-corrected chi connectivity index (χ3v) is 3.79. The topological polar surface area (TPSA) is 52.3 Å². The van der Waals surface area contributed by atoms with Gasteiger partial charge in [0.25, 0.3) is 0 Å². The molecule has 128 valence electrons. The molecule has 0 saturated heterocycles. The van der Waals surface area contributed by atoms with Gasteiger partial charge in [0.05, 0.1) is 6.61 Å². The molecule has 0 amide bonds. The molecular formula is C20H24FNO2. The van der Waals surface area contributed by atoms with Crippen molar-refractivity contribution in [2.75, 3.05) is 13.2 Å². The molecule has 0 aliphatic carbocycles. The van der Waals surface area contributed by atoms with Crippen LogP contribution in [0, 0.1) is 5.82 Å². The molecular weight excluding hydrogens is 305 g/mol. The molecule has 0 fully saturated rings. The second-order valence-corrected chi connectivity index (χ2v) is 5.80. The molecule has 2 rings (SSSR count). The van der Waals surface area contributed by atoms with E-state index in [0.717, 1.165) is 35.1 Å². The molecule has 0 unspecified atom stereocenters. The summed E-state index contributed by atoms with van der Waals surface area (Å²) in [6, 6.07) is 12.9. The van der Waals surface area contributed by atoms with Crippen molar-refractivity contribution in [2.45, 2.75) is 32.6 Å². The van der Waals surface area contributed by atoms with Crippen LogP contribution in [0.4, 0.5) is 4.39 Å². The lowest BCUT2D eigenvalue weighted by molar-refractivity contribution is -0.143. The van der Waals surface area contributed by atoms with Crippen molar-refractivity contribution in [2.24, 2.45) is 5.73 Å². The molecule has 0 aliphatic rings. The Morgan fingerprint density at radius 1 is 1.00 bits per heavy atom. The van der Waals surface area contributed by atoms with Gasteiger partial charge in [-0.05, 0) is 67.1 Å². The van der Waals surface area contributed by atoms with Crippen LogP contribution in [0.15, 0.2) is 42.5 Å². The Morgan fingerprint density at radius 2 is 1.62 bits per heavy atom. The molecule has 0 saturated carbocycles. The van der Waals surface area contributed by atoms with Crippen molar-refractivity contribution < 1.29 is 13.9 Å². The summed E-state index contributed by atoms with van der Waals surface area (Å²) in [5.74, 6) is -0.410. The zero-order valence-electron chi connectivity index (χ0n) is 14.1. The lowest BCUT2D eigenvalue weighted by Crippen LogP contribution is -2.07. The molecule has 3 nitrogen and oxygen atoms in total. The summed E-state index contributed by atoms with van der Waals surface area (Å²) in [7, 11) is 0. The maximum absolute atomic E-state index is 13.0. The minimum atomic E-state index is -0.231. The van der Waals surface area contributed by atoms with Gasteiger partial charge in [0.2, 0.25) is 0 Å². The number of carbonyl (C=O) groups excluding carboxylic acids is 1. The Bertz CT molecular complexity index is 668. The molecule has 0 heterocycles. The zero-order chi connectivity index (χ0) is 17.4. The molecule has 0 aliphatic heterocycles. The van der Waals surface area contributed by atoms with Crippen molar-refractivity contribution in [3.63, 3.8) is 0 Å². The quantitative estimate of drug-likeness (QED) is 0.755. The first-order chi connectivity index (χ1) is 11.6. The Hall–Kier alpha value is -2.20. The minimum Gasteiger partial charge on any atom is -0.466 e.